The normalized spacial score (nSPS) is 34.3. The molecule has 0 heterocycles. The lowest BCUT2D eigenvalue weighted by atomic mass is 9.65. The van der Waals surface area contributed by atoms with E-state index in [2.05, 4.69) is 12.7 Å². The largest absolute Gasteiger partial charge is 0.493 e. The summed E-state index contributed by atoms with van der Waals surface area (Å²) in [6, 6.07) is 2.62. The summed E-state index contributed by atoms with van der Waals surface area (Å²) in [7, 11) is 0. The predicted octanol–water partition coefficient (Wildman–Crippen LogP) is 8.26. The van der Waals surface area contributed by atoms with E-state index in [-0.39, 0.29) is 5.56 Å². The van der Waals surface area contributed by atoms with Crippen LogP contribution in [0.15, 0.2) is 24.8 Å². The molecule has 0 aliphatic heterocycles. The third-order valence-corrected chi connectivity index (χ3v) is 8.93. The van der Waals surface area contributed by atoms with Crippen LogP contribution in [-0.4, -0.2) is 6.61 Å². The molecule has 31 heavy (non-hydrogen) atoms. The van der Waals surface area contributed by atoms with Crippen LogP contribution in [0.5, 0.6) is 5.75 Å². The standard InChI is InChI=1S/C28H40F2O/c1-3-20-4-8-22(9-5-20)24-12-14-25(15-13-24)23-10-6-21(7-11-23)18-31-26-16-27(29)19(2)28(30)17-26/h3,16-17,20-25H,1,4-15,18H2,2H3. The highest BCUT2D eigenvalue weighted by atomic mass is 19.1. The molecule has 3 aliphatic rings. The summed E-state index contributed by atoms with van der Waals surface area (Å²) in [6.07, 6.45) is 18.5. The van der Waals surface area contributed by atoms with Crippen LogP contribution in [-0.2, 0) is 0 Å². The fourth-order valence-electron chi connectivity index (χ4n) is 6.69. The molecule has 1 nitrogen and oxygen atoms in total. The van der Waals surface area contributed by atoms with Crippen molar-refractivity contribution in [3.05, 3.63) is 42.0 Å². The first kappa shape index (κ1) is 22.8. The molecular formula is C28H40F2O. The van der Waals surface area contributed by atoms with E-state index in [1.54, 1.807) is 0 Å². The fraction of sp³-hybridized carbons (Fsp3) is 0.714. The van der Waals surface area contributed by atoms with Gasteiger partial charge in [-0.05, 0) is 119 Å². The van der Waals surface area contributed by atoms with Gasteiger partial charge in [-0.25, -0.2) is 8.78 Å². The summed E-state index contributed by atoms with van der Waals surface area (Å²) in [5, 5.41) is 0. The van der Waals surface area contributed by atoms with E-state index in [9.17, 15) is 8.78 Å². The van der Waals surface area contributed by atoms with Crippen molar-refractivity contribution in [1.29, 1.82) is 0 Å². The van der Waals surface area contributed by atoms with E-state index in [4.69, 9.17) is 4.74 Å². The van der Waals surface area contributed by atoms with E-state index in [0.29, 0.717) is 18.3 Å². The molecule has 0 saturated heterocycles. The summed E-state index contributed by atoms with van der Waals surface area (Å²) >= 11 is 0. The van der Waals surface area contributed by atoms with Crippen LogP contribution in [0, 0.1) is 54.1 Å². The van der Waals surface area contributed by atoms with Gasteiger partial charge < -0.3 is 4.74 Å². The number of allylic oxidation sites excluding steroid dienone is 1. The van der Waals surface area contributed by atoms with Crippen molar-refractivity contribution in [3.8, 4) is 5.75 Å². The van der Waals surface area contributed by atoms with Crippen molar-refractivity contribution in [1.82, 2.24) is 0 Å². The van der Waals surface area contributed by atoms with Crippen molar-refractivity contribution in [2.45, 2.75) is 84.0 Å². The quantitative estimate of drug-likeness (QED) is 0.413. The van der Waals surface area contributed by atoms with Crippen LogP contribution in [0.2, 0.25) is 0 Å². The summed E-state index contributed by atoms with van der Waals surface area (Å²) in [6.45, 7) is 6.02. The summed E-state index contributed by atoms with van der Waals surface area (Å²) in [5.41, 5.74) is 0.0621. The SMILES string of the molecule is C=CC1CCC(C2CCC(C3CCC(COc4cc(F)c(C)c(F)c4)CC3)CC2)CC1. The molecular weight excluding hydrogens is 390 g/mol. The Morgan fingerprint density at radius 2 is 1.19 bits per heavy atom. The molecule has 3 saturated carbocycles. The Kier molecular flexibility index (Phi) is 7.72. The first-order chi connectivity index (χ1) is 15.0. The monoisotopic (exact) mass is 430 g/mol. The molecule has 0 atom stereocenters. The molecule has 3 fully saturated rings. The first-order valence-electron chi connectivity index (χ1n) is 12.7. The second-order valence-corrected chi connectivity index (χ2v) is 10.7. The average Bonchev–Trinajstić information content (AvgIpc) is 2.81. The average molecular weight is 431 g/mol. The van der Waals surface area contributed by atoms with Gasteiger partial charge in [0.15, 0.2) is 0 Å². The van der Waals surface area contributed by atoms with E-state index >= 15 is 0 Å². The third-order valence-electron chi connectivity index (χ3n) is 8.93. The van der Waals surface area contributed by atoms with Crippen molar-refractivity contribution >= 4 is 0 Å². The molecule has 0 N–H and O–H groups in total. The fourth-order valence-corrected chi connectivity index (χ4v) is 6.69. The predicted molar refractivity (Wildman–Crippen MR) is 123 cm³/mol. The zero-order valence-corrected chi connectivity index (χ0v) is 19.3. The Labute approximate surface area is 187 Å². The highest BCUT2D eigenvalue weighted by Crippen LogP contribution is 2.46. The number of hydrogen-bond donors (Lipinski definition) is 0. The van der Waals surface area contributed by atoms with Crippen LogP contribution >= 0.6 is 0 Å². The van der Waals surface area contributed by atoms with Crippen LogP contribution < -0.4 is 4.74 Å². The Morgan fingerprint density at radius 1 is 0.774 bits per heavy atom. The summed E-state index contributed by atoms with van der Waals surface area (Å²) < 4.78 is 33.2. The lowest BCUT2D eigenvalue weighted by Gasteiger charge is -2.41. The van der Waals surface area contributed by atoms with Crippen LogP contribution in [0.25, 0.3) is 0 Å². The van der Waals surface area contributed by atoms with Gasteiger partial charge in [-0.1, -0.05) is 6.08 Å². The molecule has 3 heteroatoms. The van der Waals surface area contributed by atoms with Gasteiger partial charge >= 0.3 is 0 Å². The first-order valence-corrected chi connectivity index (χ1v) is 12.7. The molecule has 0 radical (unpaired) electrons. The van der Waals surface area contributed by atoms with Gasteiger partial charge in [-0.3, -0.25) is 0 Å². The molecule has 0 aromatic heterocycles. The van der Waals surface area contributed by atoms with E-state index in [1.807, 2.05) is 0 Å². The zero-order chi connectivity index (χ0) is 21.8. The lowest BCUT2D eigenvalue weighted by molar-refractivity contribution is 0.0984. The van der Waals surface area contributed by atoms with Crippen LogP contribution in [0.3, 0.4) is 0 Å². The van der Waals surface area contributed by atoms with Crippen molar-refractivity contribution in [2.24, 2.45) is 35.5 Å². The molecule has 0 spiro atoms. The minimum Gasteiger partial charge on any atom is -0.493 e. The third kappa shape index (κ3) is 5.71. The van der Waals surface area contributed by atoms with E-state index < -0.39 is 11.6 Å². The molecule has 1 aromatic carbocycles. The molecule has 0 unspecified atom stereocenters. The molecule has 0 amide bonds. The van der Waals surface area contributed by atoms with Gasteiger partial charge in [0, 0.05) is 17.7 Å². The van der Waals surface area contributed by atoms with E-state index in [0.717, 1.165) is 29.6 Å². The lowest BCUT2D eigenvalue weighted by Crippen LogP contribution is -2.30. The van der Waals surface area contributed by atoms with Gasteiger partial charge in [0.2, 0.25) is 0 Å². The Morgan fingerprint density at radius 3 is 1.65 bits per heavy atom. The Bertz CT molecular complexity index is 698. The molecule has 1 aromatic rings. The molecule has 4 rings (SSSR count). The number of rotatable bonds is 6. The molecule has 172 valence electrons. The van der Waals surface area contributed by atoms with Gasteiger partial charge in [0.25, 0.3) is 0 Å². The molecule has 3 aliphatic carbocycles. The maximum absolute atomic E-state index is 13.7. The minimum absolute atomic E-state index is 0.0621. The highest BCUT2D eigenvalue weighted by Gasteiger charge is 2.34. The maximum atomic E-state index is 13.7. The Balaban J connectivity index is 1.17. The van der Waals surface area contributed by atoms with Crippen LogP contribution in [0.4, 0.5) is 8.78 Å². The van der Waals surface area contributed by atoms with Gasteiger partial charge in [-0.2, -0.15) is 0 Å². The maximum Gasteiger partial charge on any atom is 0.132 e. The minimum atomic E-state index is -0.525. The van der Waals surface area contributed by atoms with Crippen molar-refractivity contribution in [3.63, 3.8) is 0 Å². The smallest absolute Gasteiger partial charge is 0.132 e. The van der Waals surface area contributed by atoms with Crippen molar-refractivity contribution < 1.29 is 13.5 Å². The van der Waals surface area contributed by atoms with Gasteiger partial charge in [0.05, 0.1) is 6.61 Å². The topological polar surface area (TPSA) is 9.23 Å². The highest BCUT2D eigenvalue weighted by molar-refractivity contribution is 5.29. The van der Waals surface area contributed by atoms with Crippen molar-refractivity contribution in [2.75, 3.05) is 6.61 Å². The number of ether oxygens (including phenoxy) is 1. The molecule has 0 bridgehead atoms. The number of halogens is 2. The second kappa shape index (κ2) is 10.5. The number of hydrogen-bond acceptors (Lipinski definition) is 1. The van der Waals surface area contributed by atoms with Crippen LogP contribution in [0.1, 0.15) is 82.6 Å². The summed E-state index contributed by atoms with van der Waals surface area (Å²) in [4.78, 5) is 0. The number of benzene rings is 1. The zero-order valence-electron chi connectivity index (χ0n) is 19.3. The second-order valence-electron chi connectivity index (χ2n) is 10.7. The Hall–Kier alpha value is -1.38. The van der Waals surface area contributed by atoms with E-state index in [1.165, 1.54) is 96.1 Å². The van der Waals surface area contributed by atoms with Gasteiger partial charge in [-0.15, -0.1) is 6.58 Å². The summed E-state index contributed by atoms with van der Waals surface area (Å²) in [5.74, 6) is 4.31. The van der Waals surface area contributed by atoms with Gasteiger partial charge in [0.1, 0.15) is 17.4 Å².